The Hall–Kier alpha value is -0.380. The molecule has 3 heteroatoms. The molecule has 0 saturated heterocycles. The largest absolute Gasteiger partial charge is 0.328 e. The Morgan fingerprint density at radius 3 is 2.78 bits per heavy atom. The number of rotatable bonds is 9. The molecule has 0 spiro atoms. The second-order valence-electron chi connectivity index (χ2n) is 5.37. The van der Waals surface area contributed by atoms with E-state index < -0.39 is 0 Å². The number of thiophene rings is 1. The Morgan fingerprint density at radius 2 is 2.11 bits per heavy atom. The maximum Gasteiger partial charge on any atom is 0.0302 e. The number of hydrogen-bond acceptors (Lipinski definition) is 3. The predicted octanol–water partition coefficient (Wildman–Crippen LogP) is 3.55. The quantitative estimate of drug-likeness (QED) is 0.719. The Kier molecular flexibility index (Phi) is 7.56. The molecule has 3 N–H and O–H groups in total. The highest BCUT2D eigenvalue weighted by molar-refractivity contribution is 7.10. The summed E-state index contributed by atoms with van der Waals surface area (Å²) in [6.45, 7) is 8.77. The molecule has 1 aromatic rings. The first kappa shape index (κ1) is 15.7. The molecular formula is C15H28N2S. The standard InChI is InChI=1S/C15H28N2S/c1-4-14-8-9-18-15(14)11-17-10-12(2)6-5-7-13(3)16/h8-9,12-13,17H,4-7,10-11,16H2,1-3H3. The smallest absolute Gasteiger partial charge is 0.0302 e. The molecule has 2 unspecified atom stereocenters. The molecule has 104 valence electrons. The van der Waals surface area contributed by atoms with Gasteiger partial charge in [0.2, 0.25) is 0 Å². The highest BCUT2D eigenvalue weighted by Crippen LogP contribution is 2.17. The second kappa shape index (κ2) is 8.68. The van der Waals surface area contributed by atoms with E-state index in [-0.39, 0.29) is 0 Å². The first-order chi connectivity index (χ1) is 8.63. The van der Waals surface area contributed by atoms with Gasteiger partial charge >= 0.3 is 0 Å². The zero-order valence-electron chi connectivity index (χ0n) is 12.0. The van der Waals surface area contributed by atoms with E-state index in [9.17, 15) is 0 Å². The van der Waals surface area contributed by atoms with Gasteiger partial charge in [0.25, 0.3) is 0 Å². The average Bonchev–Trinajstić information content (AvgIpc) is 2.76. The van der Waals surface area contributed by atoms with Gasteiger partial charge < -0.3 is 11.1 Å². The lowest BCUT2D eigenvalue weighted by Gasteiger charge is -2.13. The van der Waals surface area contributed by atoms with Crippen LogP contribution in [0, 0.1) is 5.92 Å². The van der Waals surface area contributed by atoms with E-state index in [2.05, 4.69) is 37.5 Å². The van der Waals surface area contributed by atoms with Crippen LogP contribution >= 0.6 is 11.3 Å². The molecule has 2 nitrogen and oxygen atoms in total. The molecule has 0 radical (unpaired) electrons. The lowest BCUT2D eigenvalue weighted by molar-refractivity contribution is 0.448. The topological polar surface area (TPSA) is 38.0 Å². The number of nitrogens with two attached hydrogens (primary N) is 1. The van der Waals surface area contributed by atoms with Crippen molar-refractivity contribution < 1.29 is 0 Å². The molecule has 0 fully saturated rings. The molecule has 1 rings (SSSR count). The van der Waals surface area contributed by atoms with Gasteiger partial charge in [0, 0.05) is 17.5 Å². The molecular weight excluding hydrogens is 240 g/mol. The Balaban J connectivity index is 2.13. The van der Waals surface area contributed by atoms with E-state index in [0.29, 0.717) is 6.04 Å². The van der Waals surface area contributed by atoms with Crippen molar-refractivity contribution in [3.63, 3.8) is 0 Å². The van der Waals surface area contributed by atoms with E-state index in [0.717, 1.165) is 31.8 Å². The lowest BCUT2D eigenvalue weighted by atomic mass is 10.0. The summed E-state index contributed by atoms with van der Waals surface area (Å²) in [5, 5.41) is 5.78. The minimum absolute atomic E-state index is 0.350. The van der Waals surface area contributed by atoms with E-state index in [1.165, 1.54) is 23.3 Å². The molecule has 0 bridgehead atoms. The summed E-state index contributed by atoms with van der Waals surface area (Å²) in [6.07, 6.45) is 4.82. The van der Waals surface area contributed by atoms with Gasteiger partial charge in [-0.25, -0.2) is 0 Å². The fraction of sp³-hybridized carbons (Fsp3) is 0.733. The van der Waals surface area contributed by atoms with E-state index in [1.807, 2.05) is 11.3 Å². The zero-order valence-corrected chi connectivity index (χ0v) is 12.9. The average molecular weight is 268 g/mol. The van der Waals surface area contributed by atoms with Gasteiger partial charge in [0.15, 0.2) is 0 Å². The first-order valence-electron chi connectivity index (χ1n) is 7.15. The van der Waals surface area contributed by atoms with Crippen LogP contribution in [-0.2, 0) is 13.0 Å². The van der Waals surface area contributed by atoms with Crippen molar-refractivity contribution in [1.29, 1.82) is 0 Å². The number of nitrogens with one attached hydrogen (secondary N) is 1. The SMILES string of the molecule is CCc1ccsc1CNCC(C)CCCC(C)N. The van der Waals surface area contributed by atoms with Gasteiger partial charge in [0.05, 0.1) is 0 Å². The summed E-state index contributed by atoms with van der Waals surface area (Å²) in [6, 6.07) is 2.59. The van der Waals surface area contributed by atoms with E-state index >= 15 is 0 Å². The molecule has 0 aliphatic heterocycles. The summed E-state index contributed by atoms with van der Waals surface area (Å²) >= 11 is 1.87. The van der Waals surface area contributed by atoms with Gasteiger partial charge in [-0.3, -0.25) is 0 Å². The van der Waals surface area contributed by atoms with Crippen molar-refractivity contribution in [2.45, 2.75) is 59.0 Å². The summed E-state index contributed by atoms with van der Waals surface area (Å²) < 4.78 is 0. The Bertz CT molecular complexity index is 320. The van der Waals surface area contributed by atoms with E-state index in [1.54, 1.807) is 0 Å². The molecule has 0 saturated carbocycles. The van der Waals surface area contributed by atoms with Crippen LogP contribution in [0.5, 0.6) is 0 Å². The predicted molar refractivity (Wildman–Crippen MR) is 82.1 cm³/mol. The first-order valence-corrected chi connectivity index (χ1v) is 8.03. The van der Waals surface area contributed by atoms with Crippen LogP contribution in [0.3, 0.4) is 0 Å². The fourth-order valence-corrected chi connectivity index (χ4v) is 3.11. The monoisotopic (exact) mass is 268 g/mol. The number of aryl methyl sites for hydroxylation is 1. The Labute approximate surface area is 116 Å². The van der Waals surface area contributed by atoms with Crippen LogP contribution in [0.4, 0.5) is 0 Å². The van der Waals surface area contributed by atoms with Gasteiger partial charge in [-0.2, -0.15) is 0 Å². The molecule has 1 aromatic heterocycles. The van der Waals surface area contributed by atoms with Crippen LogP contribution in [0.25, 0.3) is 0 Å². The van der Waals surface area contributed by atoms with Crippen molar-refractivity contribution in [2.24, 2.45) is 11.7 Å². The highest BCUT2D eigenvalue weighted by Gasteiger charge is 2.05. The van der Waals surface area contributed by atoms with Crippen molar-refractivity contribution in [3.8, 4) is 0 Å². The maximum absolute atomic E-state index is 5.76. The van der Waals surface area contributed by atoms with Gasteiger partial charge in [-0.05, 0) is 55.7 Å². The van der Waals surface area contributed by atoms with Gasteiger partial charge in [-0.1, -0.05) is 20.3 Å². The van der Waals surface area contributed by atoms with Crippen LogP contribution in [0.1, 0.15) is 50.5 Å². The molecule has 0 amide bonds. The van der Waals surface area contributed by atoms with Crippen molar-refractivity contribution in [3.05, 3.63) is 21.9 Å². The van der Waals surface area contributed by atoms with Crippen molar-refractivity contribution in [2.75, 3.05) is 6.54 Å². The van der Waals surface area contributed by atoms with Gasteiger partial charge in [-0.15, -0.1) is 11.3 Å². The second-order valence-corrected chi connectivity index (χ2v) is 6.37. The molecule has 0 aliphatic carbocycles. The molecule has 0 aromatic carbocycles. The third-order valence-corrected chi connectivity index (χ3v) is 4.32. The number of hydrogen-bond donors (Lipinski definition) is 2. The van der Waals surface area contributed by atoms with Crippen LogP contribution in [-0.4, -0.2) is 12.6 Å². The third kappa shape index (κ3) is 5.98. The highest BCUT2D eigenvalue weighted by atomic mass is 32.1. The maximum atomic E-state index is 5.76. The summed E-state index contributed by atoms with van der Waals surface area (Å²) in [7, 11) is 0. The third-order valence-electron chi connectivity index (χ3n) is 3.35. The van der Waals surface area contributed by atoms with Crippen LogP contribution < -0.4 is 11.1 Å². The fourth-order valence-electron chi connectivity index (χ4n) is 2.16. The van der Waals surface area contributed by atoms with E-state index in [4.69, 9.17) is 5.73 Å². The molecule has 2 atom stereocenters. The summed E-state index contributed by atoms with van der Waals surface area (Å²) in [4.78, 5) is 1.50. The van der Waals surface area contributed by atoms with Crippen molar-refractivity contribution in [1.82, 2.24) is 5.32 Å². The Morgan fingerprint density at radius 1 is 1.33 bits per heavy atom. The zero-order chi connectivity index (χ0) is 13.4. The normalized spacial score (nSPS) is 14.7. The van der Waals surface area contributed by atoms with Crippen LogP contribution in [0.15, 0.2) is 11.4 Å². The minimum atomic E-state index is 0.350. The minimum Gasteiger partial charge on any atom is -0.328 e. The lowest BCUT2D eigenvalue weighted by Crippen LogP contribution is -2.21. The molecule has 1 heterocycles. The summed E-state index contributed by atoms with van der Waals surface area (Å²) in [5.74, 6) is 0.744. The molecule has 0 aliphatic rings. The van der Waals surface area contributed by atoms with Crippen LogP contribution in [0.2, 0.25) is 0 Å². The van der Waals surface area contributed by atoms with Crippen molar-refractivity contribution >= 4 is 11.3 Å². The summed E-state index contributed by atoms with van der Waals surface area (Å²) in [5.41, 5.74) is 7.26. The van der Waals surface area contributed by atoms with Gasteiger partial charge in [0.1, 0.15) is 0 Å². The molecule has 18 heavy (non-hydrogen) atoms.